The van der Waals surface area contributed by atoms with Gasteiger partial charge in [-0.1, -0.05) is 35.3 Å². The van der Waals surface area contributed by atoms with Gasteiger partial charge in [-0.15, -0.1) is 0 Å². The van der Waals surface area contributed by atoms with Gasteiger partial charge in [0.25, 0.3) is 0 Å². The molecule has 0 saturated carbocycles. The van der Waals surface area contributed by atoms with Crippen LogP contribution in [-0.2, 0) is 0 Å². The van der Waals surface area contributed by atoms with E-state index in [0.717, 1.165) is 5.56 Å². The van der Waals surface area contributed by atoms with E-state index in [9.17, 15) is 0 Å². The van der Waals surface area contributed by atoms with E-state index in [1.54, 1.807) is 12.1 Å². The summed E-state index contributed by atoms with van der Waals surface area (Å²) >= 11 is 11.9. The number of hydrogen-bond acceptors (Lipinski definition) is 2. The third-order valence-corrected chi connectivity index (χ3v) is 2.64. The molecule has 2 aromatic rings. The number of hydrogen-bond donors (Lipinski definition) is 2. The number of H-pyrrole nitrogens is 1. The van der Waals surface area contributed by atoms with Crippen LogP contribution in [0.25, 0.3) is 11.3 Å². The lowest BCUT2D eigenvalue weighted by Gasteiger charge is -2.01. The van der Waals surface area contributed by atoms with Gasteiger partial charge in [-0.25, -0.2) is 0 Å². The summed E-state index contributed by atoms with van der Waals surface area (Å²) in [4.78, 5) is 0. The van der Waals surface area contributed by atoms with E-state index in [-0.39, 0.29) is 0 Å². The fourth-order valence-corrected chi connectivity index (χ4v) is 1.57. The van der Waals surface area contributed by atoms with Crippen LogP contribution in [0.1, 0.15) is 0 Å². The predicted molar refractivity (Wildman–Crippen MR) is 58.5 cm³/mol. The highest BCUT2D eigenvalue weighted by Crippen LogP contribution is 2.32. The number of nitrogen functional groups attached to an aromatic ring is 1. The van der Waals surface area contributed by atoms with Crippen molar-refractivity contribution in [2.75, 3.05) is 5.73 Å². The van der Waals surface area contributed by atoms with E-state index in [2.05, 4.69) is 10.2 Å². The van der Waals surface area contributed by atoms with Crippen LogP contribution >= 0.6 is 23.2 Å². The topological polar surface area (TPSA) is 54.7 Å². The van der Waals surface area contributed by atoms with Crippen LogP contribution < -0.4 is 5.73 Å². The van der Waals surface area contributed by atoms with E-state index >= 15 is 0 Å². The van der Waals surface area contributed by atoms with Crippen molar-refractivity contribution in [1.82, 2.24) is 10.2 Å². The third kappa shape index (κ3) is 1.56. The highest BCUT2D eigenvalue weighted by Gasteiger charge is 2.08. The zero-order chi connectivity index (χ0) is 10.1. The largest absolute Gasteiger partial charge is 0.384 e. The molecule has 0 radical (unpaired) electrons. The molecule has 3 nitrogen and oxygen atoms in total. The molecular formula is C9H7Cl2N3. The monoisotopic (exact) mass is 227 g/mol. The summed E-state index contributed by atoms with van der Waals surface area (Å²) in [5, 5.41) is 7.63. The highest BCUT2D eigenvalue weighted by molar-refractivity contribution is 6.43. The van der Waals surface area contributed by atoms with Crippen LogP contribution in [0.15, 0.2) is 24.3 Å². The molecule has 14 heavy (non-hydrogen) atoms. The van der Waals surface area contributed by atoms with E-state index in [4.69, 9.17) is 28.9 Å². The molecule has 1 aromatic heterocycles. The summed E-state index contributed by atoms with van der Waals surface area (Å²) in [5.74, 6) is 0.496. The predicted octanol–water partition coefficient (Wildman–Crippen LogP) is 2.97. The van der Waals surface area contributed by atoms with Crippen LogP contribution in [-0.4, -0.2) is 10.2 Å². The molecule has 0 fully saturated rings. The summed E-state index contributed by atoms with van der Waals surface area (Å²) in [6.07, 6.45) is 0. The Kier molecular flexibility index (Phi) is 2.35. The van der Waals surface area contributed by atoms with Crippen molar-refractivity contribution in [3.05, 3.63) is 34.3 Å². The van der Waals surface area contributed by atoms with Gasteiger partial charge in [0, 0.05) is 11.6 Å². The number of nitrogens with one attached hydrogen (secondary N) is 1. The van der Waals surface area contributed by atoms with Crippen molar-refractivity contribution in [1.29, 1.82) is 0 Å². The molecule has 0 unspecified atom stereocenters. The number of aromatic amines is 1. The number of anilines is 1. The summed E-state index contributed by atoms with van der Waals surface area (Å²) in [7, 11) is 0. The molecule has 3 N–H and O–H groups in total. The van der Waals surface area contributed by atoms with Gasteiger partial charge in [-0.2, -0.15) is 5.10 Å². The molecule has 0 aliphatic carbocycles. The van der Waals surface area contributed by atoms with Gasteiger partial charge in [-0.3, -0.25) is 5.10 Å². The lowest BCUT2D eigenvalue weighted by Crippen LogP contribution is -1.81. The molecule has 0 aliphatic heterocycles. The first-order chi connectivity index (χ1) is 6.68. The van der Waals surface area contributed by atoms with Crippen molar-refractivity contribution >= 4 is 29.0 Å². The van der Waals surface area contributed by atoms with Crippen LogP contribution in [0.3, 0.4) is 0 Å². The van der Waals surface area contributed by atoms with Crippen molar-refractivity contribution in [2.45, 2.75) is 0 Å². The first-order valence-electron chi connectivity index (χ1n) is 3.94. The number of benzene rings is 1. The Morgan fingerprint density at radius 1 is 1.29 bits per heavy atom. The van der Waals surface area contributed by atoms with Gasteiger partial charge in [0.15, 0.2) is 0 Å². The molecule has 0 bridgehead atoms. The summed E-state index contributed by atoms with van der Waals surface area (Å²) in [5.41, 5.74) is 6.97. The molecule has 5 heteroatoms. The fraction of sp³-hybridized carbons (Fsp3) is 0. The van der Waals surface area contributed by atoms with Gasteiger partial charge in [-0.05, 0) is 6.07 Å². The van der Waals surface area contributed by atoms with E-state index < -0.39 is 0 Å². The van der Waals surface area contributed by atoms with Gasteiger partial charge >= 0.3 is 0 Å². The maximum Gasteiger partial charge on any atom is 0.119 e. The second-order valence-corrected chi connectivity index (χ2v) is 3.60. The summed E-state index contributed by atoms with van der Waals surface area (Å²) in [6, 6.07) is 7.08. The molecule has 2 rings (SSSR count). The van der Waals surface area contributed by atoms with Crippen LogP contribution in [0.2, 0.25) is 10.0 Å². The number of aromatic nitrogens is 2. The Morgan fingerprint density at radius 3 is 2.71 bits per heavy atom. The zero-order valence-corrected chi connectivity index (χ0v) is 8.60. The van der Waals surface area contributed by atoms with Crippen molar-refractivity contribution < 1.29 is 0 Å². The molecule has 0 atom stereocenters. The number of nitrogens with two attached hydrogens (primary N) is 1. The molecule has 1 aromatic carbocycles. The number of halogens is 2. The third-order valence-electron chi connectivity index (χ3n) is 1.83. The van der Waals surface area contributed by atoms with Crippen LogP contribution in [0, 0.1) is 0 Å². The Bertz CT molecular complexity index is 465. The lowest BCUT2D eigenvalue weighted by molar-refractivity contribution is 1.10. The molecule has 1 heterocycles. The lowest BCUT2D eigenvalue weighted by atomic mass is 10.1. The van der Waals surface area contributed by atoms with Crippen molar-refractivity contribution in [3.8, 4) is 11.3 Å². The van der Waals surface area contributed by atoms with E-state index in [0.29, 0.717) is 21.6 Å². The number of nitrogens with zero attached hydrogens (tertiary/aromatic N) is 1. The number of rotatable bonds is 1. The first-order valence-corrected chi connectivity index (χ1v) is 4.69. The molecule has 0 spiro atoms. The van der Waals surface area contributed by atoms with Gasteiger partial charge in [0.1, 0.15) is 5.82 Å². The summed E-state index contributed by atoms with van der Waals surface area (Å²) < 4.78 is 0. The average molecular weight is 228 g/mol. The zero-order valence-electron chi connectivity index (χ0n) is 7.09. The second-order valence-electron chi connectivity index (χ2n) is 2.81. The molecule has 0 saturated heterocycles. The quantitative estimate of drug-likeness (QED) is 0.788. The smallest absolute Gasteiger partial charge is 0.119 e. The fourth-order valence-electron chi connectivity index (χ4n) is 1.18. The molecular weight excluding hydrogens is 221 g/mol. The van der Waals surface area contributed by atoms with E-state index in [1.165, 1.54) is 0 Å². The average Bonchev–Trinajstić information content (AvgIpc) is 2.57. The minimum absolute atomic E-state index is 0.487. The maximum absolute atomic E-state index is 6.01. The standard InChI is InChI=1S/C9H7Cl2N3/c10-6-3-1-2-5(9(6)11)7-4-8(12)14-13-7/h1-4H,(H3,12,13,14). The Balaban J connectivity index is 2.57. The van der Waals surface area contributed by atoms with Gasteiger partial charge in [0.2, 0.25) is 0 Å². The Morgan fingerprint density at radius 2 is 2.07 bits per heavy atom. The molecule has 0 amide bonds. The van der Waals surface area contributed by atoms with Gasteiger partial charge < -0.3 is 5.73 Å². The van der Waals surface area contributed by atoms with Crippen molar-refractivity contribution in [3.63, 3.8) is 0 Å². The highest BCUT2D eigenvalue weighted by atomic mass is 35.5. The second kappa shape index (κ2) is 3.52. The molecule has 0 aliphatic rings. The van der Waals surface area contributed by atoms with Crippen LogP contribution in [0.4, 0.5) is 5.82 Å². The molecule has 72 valence electrons. The van der Waals surface area contributed by atoms with Gasteiger partial charge in [0.05, 0.1) is 15.7 Å². The van der Waals surface area contributed by atoms with E-state index in [1.807, 2.05) is 12.1 Å². The van der Waals surface area contributed by atoms with Crippen molar-refractivity contribution in [2.24, 2.45) is 0 Å². The summed E-state index contributed by atoms with van der Waals surface area (Å²) in [6.45, 7) is 0. The minimum atomic E-state index is 0.487. The SMILES string of the molecule is Nc1cc(-c2cccc(Cl)c2Cl)n[nH]1. The Hall–Kier alpha value is -1.19. The maximum atomic E-state index is 6.01. The Labute approximate surface area is 90.8 Å². The minimum Gasteiger partial charge on any atom is -0.384 e. The normalized spacial score (nSPS) is 10.4. The van der Waals surface area contributed by atoms with Crippen LogP contribution in [0.5, 0.6) is 0 Å². The first kappa shape index (κ1) is 9.37.